The van der Waals surface area contributed by atoms with Crippen LogP contribution in [0.1, 0.15) is 19.3 Å². The first-order valence-electron chi connectivity index (χ1n) is 4.50. The molecule has 0 aromatic heterocycles. The van der Waals surface area contributed by atoms with Crippen LogP contribution in [0.4, 0.5) is 13.2 Å². The van der Waals surface area contributed by atoms with E-state index in [-0.39, 0.29) is 18.2 Å². The third-order valence-electron chi connectivity index (χ3n) is 2.60. The lowest BCUT2D eigenvalue weighted by Crippen LogP contribution is -2.44. The molecular weight excluding hydrogens is 199 g/mol. The number of halogens is 3. The van der Waals surface area contributed by atoms with Gasteiger partial charge >= 0.3 is 12.1 Å². The second kappa shape index (κ2) is 3.12. The standard InChI is InChI=1S/C8H10F3NO2/c9-8(10,11)7(13)12-4-1-2-5-6(3-4)14-5/h4-6H,1-3H2,(H,12,13)/t4-,5-,6+/m1/s1. The van der Waals surface area contributed by atoms with Crippen molar-refractivity contribution < 1.29 is 22.7 Å². The fourth-order valence-corrected chi connectivity index (χ4v) is 1.80. The fourth-order valence-electron chi connectivity index (χ4n) is 1.80. The van der Waals surface area contributed by atoms with Gasteiger partial charge in [-0.25, -0.2) is 0 Å². The van der Waals surface area contributed by atoms with Gasteiger partial charge in [-0.3, -0.25) is 4.79 Å². The highest BCUT2D eigenvalue weighted by Gasteiger charge is 2.46. The van der Waals surface area contributed by atoms with Crippen molar-refractivity contribution >= 4 is 5.91 Å². The summed E-state index contributed by atoms with van der Waals surface area (Å²) in [6.07, 6.45) is -2.65. The van der Waals surface area contributed by atoms with Gasteiger partial charge in [-0.1, -0.05) is 0 Å². The van der Waals surface area contributed by atoms with Crippen LogP contribution in [0.25, 0.3) is 0 Å². The van der Waals surface area contributed by atoms with Gasteiger partial charge in [0, 0.05) is 6.04 Å². The predicted octanol–water partition coefficient (Wildman–Crippen LogP) is 0.985. The molecule has 1 amide bonds. The number of hydrogen-bond donors (Lipinski definition) is 1. The first-order chi connectivity index (χ1) is 6.47. The van der Waals surface area contributed by atoms with Crippen molar-refractivity contribution in [2.75, 3.05) is 0 Å². The van der Waals surface area contributed by atoms with Crippen LogP contribution in [0, 0.1) is 0 Å². The molecule has 1 saturated carbocycles. The maximum absolute atomic E-state index is 11.9. The van der Waals surface area contributed by atoms with E-state index in [0.717, 1.165) is 6.42 Å². The Balaban J connectivity index is 1.82. The molecule has 2 fully saturated rings. The van der Waals surface area contributed by atoms with Crippen molar-refractivity contribution in [1.82, 2.24) is 5.32 Å². The summed E-state index contributed by atoms with van der Waals surface area (Å²) < 4.78 is 40.7. The van der Waals surface area contributed by atoms with Gasteiger partial charge in [-0.05, 0) is 19.3 Å². The molecule has 1 N–H and O–H groups in total. The van der Waals surface area contributed by atoms with Gasteiger partial charge in [0.25, 0.3) is 0 Å². The molecule has 2 rings (SSSR count). The van der Waals surface area contributed by atoms with Crippen molar-refractivity contribution in [3.63, 3.8) is 0 Å². The molecule has 0 unspecified atom stereocenters. The number of fused-ring (bicyclic) bond motifs is 1. The largest absolute Gasteiger partial charge is 0.471 e. The average molecular weight is 209 g/mol. The van der Waals surface area contributed by atoms with Gasteiger partial charge < -0.3 is 10.1 Å². The summed E-state index contributed by atoms with van der Waals surface area (Å²) in [5.41, 5.74) is 0. The van der Waals surface area contributed by atoms with Crippen LogP contribution in [0.15, 0.2) is 0 Å². The second-order valence-electron chi connectivity index (χ2n) is 3.69. The Labute approximate surface area is 78.6 Å². The first-order valence-corrected chi connectivity index (χ1v) is 4.50. The van der Waals surface area contributed by atoms with E-state index in [9.17, 15) is 18.0 Å². The van der Waals surface area contributed by atoms with E-state index in [1.165, 1.54) is 0 Å². The summed E-state index contributed by atoms with van der Waals surface area (Å²) in [6.45, 7) is 0. The van der Waals surface area contributed by atoms with Gasteiger partial charge in [-0.2, -0.15) is 13.2 Å². The van der Waals surface area contributed by atoms with Crippen molar-refractivity contribution in [2.45, 2.75) is 43.7 Å². The molecule has 1 saturated heterocycles. The van der Waals surface area contributed by atoms with E-state index < -0.39 is 12.1 Å². The van der Waals surface area contributed by atoms with Gasteiger partial charge in [0.1, 0.15) is 0 Å². The second-order valence-corrected chi connectivity index (χ2v) is 3.69. The smallest absolute Gasteiger partial charge is 0.370 e. The van der Waals surface area contributed by atoms with E-state index in [4.69, 9.17) is 4.74 Å². The zero-order valence-electron chi connectivity index (χ0n) is 7.30. The summed E-state index contributed by atoms with van der Waals surface area (Å²) in [4.78, 5) is 10.6. The number of ether oxygens (including phenoxy) is 1. The summed E-state index contributed by atoms with van der Waals surface area (Å²) in [6, 6.07) is -0.382. The zero-order valence-corrected chi connectivity index (χ0v) is 7.30. The molecule has 0 spiro atoms. The molecule has 1 aliphatic carbocycles. The lowest BCUT2D eigenvalue weighted by molar-refractivity contribution is -0.174. The van der Waals surface area contributed by atoms with Gasteiger partial charge in [0.05, 0.1) is 12.2 Å². The third kappa shape index (κ3) is 2.00. The topological polar surface area (TPSA) is 41.6 Å². The fraction of sp³-hybridized carbons (Fsp3) is 0.875. The molecule has 3 atom stereocenters. The minimum absolute atomic E-state index is 0.0716. The highest BCUT2D eigenvalue weighted by atomic mass is 19.4. The van der Waals surface area contributed by atoms with Crippen molar-refractivity contribution in [1.29, 1.82) is 0 Å². The van der Waals surface area contributed by atoms with Crippen LogP contribution in [-0.4, -0.2) is 30.3 Å². The third-order valence-corrected chi connectivity index (χ3v) is 2.60. The average Bonchev–Trinajstić information content (AvgIpc) is 2.80. The molecule has 80 valence electrons. The van der Waals surface area contributed by atoms with Crippen LogP contribution < -0.4 is 5.32 Å². The van der Waals surface area contributed by atoms with Crippen LogP contribution in [0.5, 0.6) is 0 Å². The van der Waals surface area contributed by atoms with Crippen LogP contribution in [0.3, 0.4) is 0 Å². The molecule has 1 heterocycles. The van der Waals surface area contributed by atoms with E-state index in [1.807, 2.05) is 5.32 Å². The monoisotopic (exact) mass is 209 g/mol. The Kier molecular flexibility index (Phi) is 2.17. The molecular formula is C8H10F3NO2. The lowest BCUT2D eigenvalue weighted by atomic mass is 9.95. The number of amides is 1. The Bertz CT molecular complexity index is 253. The number of hydrogen-bond acceptors (Lipinski definition) is 2. The molecule has 0 aromatic rings. The van der Waals surface area contributed by atoms with E-state index in [1.54, 1.807) is 0 Å². The highest BCUT2D eigenvalue weighted by molar-refractivity contribution is 5.81. The molecule has 6 heteroatoms. The molecule has 0 radical (unpaired) electrons. The van der Waals surface area contributed by atoms with Crippen molar-refractivity contribution in [3.05, 3.63) is 0 Å². The Hall–Kier alpha value is -0.780. The Morgan fingerprint density at radius 1 is 1.29 bits per heavy atom. The maximum atomic E-state index is 11.9. The molecule has 2 aliphatic rings. The Morgan fingerprint density at radius 3 is 2.57 bits per heavy atom. The van der Waals surface area contributed by atoms with E-state index >= 15 is 0 Å². The minimum atomic E-state index is -4.78. The molecule has 0 bridgehead atoms. The van der Waals surface area contributed by atoms with Crippen LogP contribution >= 0.6 is 0 Å². The maximum Gasteiger partial charge on any atom is 0.471 e. The molecule has 0 aromatic carbocycles. The minimum Gasteiger partial charge on any atom is -0.370 e. The van der Waals surface area contributed by atoms with E-state index in [2.05, 4.69) is 0 Å². The molecule has 3 nitrogen and oxygen atoms in total. The normalized spacial score (nSPS) is 36.1. The number of nitrogens with one attached hydrogen (secondary N) is 1. The number of rotatable bonds is 1. The summed E-state index contributed by atoms with van der Waals surface area (Å²) in [7, 11) is 0. The van der Waals surface area contributed by atoms with Gasteiger partial charge in [0.2, 0.25) is 0 Å². The van der Waals surface area contributed by atoms with E-state index in [0.29, 0.717) is 12.8 Å². The molecule has 1 aliphatic heterocycles. The number of carbonyl (C=O) groups excluding carboxylic acids is 1. The molecule has 14 heavy (non-hydrogen) atoms. The van der Waals surface area contributed by atoms with Gasteiger partial charge in [0.15, 0.2) is 0 Å². The highest BCUT2D eigenvalue weighted by Crippen LogP contribution is 2.36. The van der Waals surface area contributed by atoms with Crippen molar-refractivity contribution in [3.8, 4) is 0 Å². The first kappa shape index (κ1) is 9.76. The quantitative estimate of drug-likeness (QED) is 0.654. The SMILES string of the molecule is O=C(N[C@@H]1CC[C@H]2O[C@H]2C1)C(F)(F)F. The lowest BCUT2D eigenvalue weighted by Gasteiger charge is -2.20. The number of epoxide rings is 1. The summed E-state index contributed by atoms with van der Waals surface area (Å²) in [5, 5.41) is 1.97. The number of alkyl halides is 3. The van der Waals surface area contributed by atoms with Crippen LogP contribution in [-0.2, 0) is 9.53 Å². The predicted molar refractivity (Wildman–Crippen MR) is 40.5 cm³/mol. The number of carbonyl (C=O) groups is 1. The Morgan fingerprint density at radius 2 is 2.00 bits per heavy atom. The van der Waals surface area contributed by atoms with Crippen molar-refractivity contribution in [2.24, 2.45) is 0 Å². The summed E-state index contributed by atoms with van der Waals surface area (Å²) >= 11 is 0. The summed E-state index contributed by atoms with van der Waals surface area (Å²) in [5.74, 6) is -1.85. The zero-order chi connectivity index (χ0) is 10.3. The van der Waals surface area contributed by atoms with Crippen LogP contribution in [0.2, 0.25) is 0 Å². The van der Waals surface area contributed by atoms with Gasteiger partial charge in [-0.15, -0.1) is 0 Å².